The lowest BCUT2D eigenvalue weighted by atomic mass is 9.74. The van der Waals surface area contributed by atoms with Gasteiger partial charge >= 0.3 is 5.97 Å². The largest absolute Gasteiger partial charge is 0.459 e. The van der Waals surface area contributed by atoms with E-state index < -0.39 is 0 Å². The summed E-state index contributed by atoms with van der Waals surface area (Å²) in [5.41, 5.74) is -0.345. The maximum Gasteiger partial charge on any atom is 0.306 e. The van der Waals surface area contributed by atoms with Crippen molar-refractivity contribution in [2.75, 3.05) is 0 Å². The van der Waals surface area contributed by atoms with Gasteiger partial charge in [0.05, 0.1) is 0 Å². The van der Waals surface area contributed by atoms with E-state index in [4.69, 9.17) is 4.74 Å². The molecular formula is C12H24O2. The summed E-state index contributed by atoms with van der Waals surface area (Å²) in [5.74, 6) is -0.112. The molecule has 0 saturated carbocycles. The van der Waals surface area contributed by atoms with Gasteiger partial charge in [0.1, 0.15) is 5.60 Å². The highest BCUT2D eigenvalue weighted by Gasteiger charge is 2.39. The first kappa shape index (κ1) is 13.5. The van der Waals surface area contributed by atoms with Crippen LogP contribution >= 0.6 is 0 Å². The number of ether oxygens (including phenoxy) is 1. The molecule has 0 spiro atoms. The first-order valence-electron chi connectivity index (χ1n) is 5.48. The Bertz CT molecular complexity index is 192. The highest BCUT2D eigenvalue weighted by Crippen LogP contribution is 2.38. The molecular weight excluding hydrogens is 176 g/mol. The van der Waals surface area contributed by atoms with Crippen molar-refractivity contribution in [1.29, 1.82) is 0 Å². The van der Waals surface area contributed by atoms with Gasteiger partial charge in [0.2, 0.25) is 0 Å². The number of hydrogen-bond donors (Lipinski definition) is 0. The highest BCUT2D eigenvalue weighted by molar-refractivity contribution is 5.69. The predicted octanol–water partition coefficient (Wildman–Crippen LogP) is 3.54. The van der Waals surface area contributed by atoms with Gasteiger partial charge in [-0.3, -0.25) is 4.79 Å². The smallest absolute Gasteiger partial charge is 0.306 e. The van der Waals surface area contributed by atoms with Crippen LogP contribution in [-0.4, -0.2) is 11.6 Å². The SMILES string of the molecule is CCCC(C)(C)C(C)(C)OC(=O)CC. The monoisotopic (exact) mass is 200 g/mol. The van der Waals surface area contributed by atoms with Crippen LogP contribution in [0.15, 0.2) is 0 Å². The maximum absolute atomic E-state index is 11.3. The lowest BCUT2D eigenvalue weighted by Gasteiger charge is -2.40. The molecule has 0 N–H and O–H groups in total. The minimum atomic E-state index is -0.379. The molecule has 0 aliphatic carbocycles. The Labute approximate surface area is 88.0 Å². The standard InChI is InChI=1S/C12H24O2/c1-7-9-11(3,4)12(5,6)14-10(13)8-2/h7-9H2,1-6H3. The second-order valence-corrected chi connectivity index (χ2v) is 4.97. The molecule has 0 rings (SSSR count). The van der Waals surface area contributed by atoms with Crippen LogP contribution in [0.25, 0.3) is 0 Å². The van der Waals surface area contributed by atoms with E-state index in [1.807, 2.05) is 20.8 Å². The zero-order chi connectivity index (χ0) is 11.4. The Morgan fingerprint density at radius 2 is 1.64 bits per heavy atom. The fourth-order valence-corrected chi connectivity index (χ4v) is 1.42. The normalized spacial score (nSPS) is 12.7. The average molecular weight is 200 g/mol. The summed E-state index contributed by atoms with van der Waals surface area (Å²) in [6.07, 6.45) is 2.63. The summed E-state index contributed by atoms with van der Waals surface area (Å²) in [6, 6.07) is 0. The molecule has 0 heterocycles. The van der Waals surface area contributed by atoms with E-state index in [1.54, 1.807) is 0 Å². The maximum atomic E-state index is 11.3. The fourth-order valence-electron chi connectivity index (χ4n) is 1.42. The van der Waals surface area contributed by atoms with Crippen LogP contribution in [0.3, 0.4) is 0 Å². The molecule has 0 aliphatic rings. The number of carbonyl (C=O) groups is 1. The van der Waals surface area contributed by atoms with Crippen molar-refractivity contribution < 1.29 is 9.53 Å². The third-order valence-electron chi connectivity index (χ3n) is 3.16. The predicted molar refractivity (Wildman–Crippen MR) is 59.2 cm³/mol. The van der Waals surface area contributed by atoms with Crippen molar-refractivity contribution in [3.63, 3.8) is 0 Å². The zero-order valence-electron chi connectivity index (χ0n) is 10.4. The van der Waals surface area contributed by atoms with Crippen molar-refractivity contribution in [3.8, 4) is 0 Å². The topological polar surface area (TPSA) is 26.3 Å². The molecule has 0 aromatic heterocycles. The lowest BCUT2D eigenvalue weighted by Crippen LogP contribution is -2.43. The Morgan fingerprint density at radius 1 is 1.14 bits per heavy atom. The van der Waals surface area contributed by atoms with Crippen LogP contribution in [0.4, 0.5) is 0 Å². The molecule has 0 amide bonds. The van der Waals surface area contributed by atoms with Gasteiger partial charge in [-0.05, 0) is 20.3 Å². The second kappa shape index (κ2) is 4.81. The first-order chi connectivity index (χ1) is 6.27. The molecule has 0 atom stereocenters. The molecule has 0 aliphatic heterocycles. The Morgan fingerprint density at radius 3 is 2.00 bits per heavy atom. The molecule has 14 heavy (non-hydrogen) atoms. The number of hydrogen-bond acceptors (Lipinski definition) is 2. The molecule has 84 valence electrons. The average Bonchev–Trinajstić information content (AvgIpc) is 2.03. The van der Waals surface area contributed by atoms with Gasteiger partial charge in [-0.2, -0.15) is 0 Å². The van der Waals surface area contributed by atoms with E-state index in [0.717, 1.165) is 12.8 Å². The minimum Gasteiger partial charge on any atom is -0.459 e. The van der Waals surface area contributed by atoms with E-state index in [0.29, 0.717) is 6.42 Å². The van der Waals surface area contributed by atoms with Crippen molar-refractivity contribution in [2.24, 2.45) is 5.41 Å². The molecule has 0 fully saturated rings. The van der Waals surface area contributed by atoms with Crippen LogP contribution in [0.2, 0.25) is 0 Å². The van der Waals surface area contributed by atoms with Gasteiger partial charge < -0.3 is 4.74 Å². The quantitative estimate of drug-likeness (QED) is 0.634. The molecule has 2 nitrogen and oxygen atoms in total. The Kier molecular flexibility index (Phi) is 4.63. The van der Waals surface area contributed by atoms with Crippen molar-refractivity contribution in [1.82, 2.24) is 0 Å². The van der Waals surface area contributed by atoms with E-state index in [-0.39, 0.29) is 17.0 Å². The van der Waals surface area contributed by atoms with Crippen molar-refractivity contribution >= 4 is 5.97 Å². The number of carbonyl (C=O) groups excluding carboxylic acids is 1. The van der Waals surface area contributed by atoms with Gasteiger partial charge in [0, 0.05) is 11.8 Å². The molecule has 0 aromatic rings. The van der Waals surface area contributed by atoms with Crippen LogP contribution in [0.5, 0.6) is 0 Å². The van der Waals surface area contributed by atoms with Crippen LogP contribution in [-0.2, 0) is 9.53 Å². The van der Waals surface area contributed by atoms with Gasteiger partial charge in [0.15, 0.2) is 0 Å². The minimum absolute atomic E-state index is 0.0343. The Hall–Kier alpha value is -0.530. The lowest BCUT2D eigenvalue weighted by molar-refractivity contribution is -0.168. The van der Waals surface area contributed by atoms with E-state index in [9.17, 15) is 4.79 Å². The summed E-state index contributed by atoms with van der Waals surface area (Å²) in [5, 5.41) is 0. The highest BCUT2D eigenvalue weighted by atomic mass is 16.6. The van der Waals surface area contributed by atoms with Gasteiger partial charge in [-0.15, -0.1) is 0 Å². The zero-order valence-corrected chi connectivity index (χ0v) is 10.4. The van der Waals surface area contributed by atoms with E-state index in [1.165, 1.54) is 0 Å². The van der Waals surface area contributed by atoms with E-state index >= 15 is 0 Å². The van der Waals surface area contributed by atoms with Crippen molar-refractivity contribution in [2.45, 2.75) is 66.4 Å². The van der Waals surface area contributed by atoms with Crippen molar-refractivity contribution in [3.05, 3.63) is 0 Å². The molecule has 0 radical (unpaired) electrons. The van der Waals surface area contributed by atoms with Gasteiger partial charge in [-0.25, -0.2) is 0 Å². The summed E-state index contributed by atoms with van der Waals surface area (Å²) >= 11 is 0. The molecule has 0 bridgehead atoms. The third-order valence-corrected chi connectivity index (χ3v) is 3.16. The first-order valence-corrected chi connectivity index (χ1v) is 5.48. The van der Waals surface area contributed by atoms with Gasteiger partial charge in [0.25, 0.3) is 0 Å². The van der Waals surface area contributed by atoms with Crippen LogP contribution in [0.1, 0.15) is 60.8 Å². The number of esters is 1. The molecule has 0 saturated heterocycles. The van der Waals surface area contributed by atoms with Crippen LogP contribution in [0, 0.1) is 5.41 Å². The molecule has 0 unspecified atom stereocenters. The van der Waals surface area contributed by atoms with Gasteiger partial charge in [-0.1, -0.05) is 34.1 Å². The summed E-state index contributed by atoms with van der Waals surface area (Å²) in [7, 11) is 0. The molecule has 0 aromatic carbocycles. The third kappa shape index (κ3) is 3.32. The summed E-state index contributed by atoms with van der Waals surface area (Å²) in [6.45, 7) is 12.3. The second-order valence-electron chi connectivity index (χ2n) is 4.97. The van der Waals surface area contributed by atoms with Crippen LogP contribution < -0.4 is 0 Å². The van der Waals surface area contributed by atoms with E-state index in [2.05, 4.69) is 20.8 Å². The Balaban J connectivity index is 4.50. The summed E-state index contributed by atoms with van der Waals surface area (Å²) < 4.78 is 5.47. The molecule has 2 heteroatoms. The number of rotatable bonds is 5. The fraction of sp³-hybridized carbons (Fsp3) is 0.917. The summed E-state index contributed by atoms with van der Waals surface area (Å²) in [4.78, 5) is 11.3.